The van der Waals surface area contributed by atoms with Crippen LogP contribution in [0.3, 0.4) is 0 Å². The molecule has 0 spiro atoms. The molecule has 0 amide bonds. The highest BCUT2D eigenvalue weighted by Gasteiger charge is 2.11. The summed E-state index contributed by atoms with van der Waals surface area (Å²) in [7, 11) is 1.87. The van der Waals surface area contributed by atoms with E-state index in [-0.39, 0.29) is 5.56 Å². The highest BCUT2D eigenvalue weighted by Crippen LogP contribution is 2.07. The molecule has 0 bridgehead atoms. The third-order valence-electron chi connectivity index (χ3n) is 2.96. The Balaban J connectivity index is 2.22. The highest BCUT2D eigenvalue weighted by molar-refractivity contribution is 5.35. The quantitative estimate of drug-likeness (QED) is 0.834. The number of hydrogen-bond acceptors (Lipinski definition) is 4. The molecule has 0 fully saturated rings. The Morgan fingerprint density at radius 1 is 1.35 bits per heavy atom. The molecule has 106 valence electrons. The molecule has 0 saturated heterocycles. The lowest BCUT2D eigenvalue weighted by Gasteiger charge is -2.18. The van der Waals surface area contributed by atoms with E-state index in [1.54, 1.807) is 29.4 Å². The van der Waals surface area contributed by atoms with Crippen LogP contribution in [0.25, 0.3) is 0 Å². The van der Waals surface area contributed by atoms with Crippen LogP contribution in [0.2, 0.25) is 0 Å². The Morgan fingerprint density at radius 2 is 2.15 bits per heavy atom. The van der Waals surface area contributed by atoms with E-state index in [0.717, 1.165) is 5.56 Å². The SMILES string of the molecule is CC(C)Cn1ccnc(N(C)Cc2cccnc2)c1=O. The smallest absolute Gasteiger partial charge is 0.293 e. The van der Waals surface area contributed by atoms with Crippen molar-refractivity contribution in [3.63, 3.8) is 0 Å². The number of pyridine rings is 1. The van der Waals surface area contributed by atoms with Crippen LogP contribution in [0.15, 0.2) is 41.7 Å². The summed E-state index contributed by atoms with van der Waals surface area (Å²) < 4.78 is 1.72. The van der Waals surface area contributed by atoms with Crippen LogP contribution in [0, 0.1) is 5.92 Å². The molecule has 0 N–H and O–H groups in total. The van der Waals surface area contributed by atoms with E-state index in [0.29, 0.717) is 24.8 Å². The molecule has 2 aromatic heterocycles. The van der Waals surface area contributed by atoms with Crippen molar-refractivity contribution in [3.8, 4) is 0 Å². The predicted molar refractivity (Wildman–Crippen MR) is 79.7 cm³/mol. The lowest BCUT2D eigenvalue weighted by atomic mass is 10.2. The van der Waals surface area contributed by atoms with Crippen LogP contribution in [-0.2, 0) is 13.1 Å². The minimum absolute atomic E-state index is 0.0485. The zero-order valence-corrected chi connectivity index (χ0v) is 12.2. The first-order chi connectivity index (χ1) is 9.58. The van der Waals surface area contributed by atoms with Crippen molar-refractivity contribution in [1.82, 2.24) is 14.5 Å². The van der Waals surface area contributed by atoms with Crippen LogP contribution in [0.5, 0.6) is 0 Å². The zero-order valence-electron chi connectivity index (χ0n) is 12.2. The third kappa shape index (κ3) is 3.44. The van der Waals surface area contributed by atoms with Crippen molar-refractivity contribution in [1.29, 1.82) is 0 Å². The molecule has 5 nitrogen and oxygen atoms in total. The Labute approximate surface area is 118 Å². The lowest BCUT2D eigenvalue weighted by molar-refractivity contribution is 0.508. The van der Waals surface area contributed by atoms with Crippen LogP contribution >= 0.6 is 0 Å². The van der Waals surface area contributed by atoms with Gasteiger partial charge in [-0.15, -0.1) is 0 Å². The monoisotopic (exact) mass is 272 g/mol. The van der Waals surface area contributed by atoms with Gasteiger partial charge in [-0.3, -0.25) is 9.78 Å². The maximum Gasteiger partial charge on any atom is 0.293 e. The van der Waals surface area contributed by atoms with Gasteiger partial charge in [-0.25, -0.2) is 4.98 Å². The molecule has 0 aromatic carbocycles. The molecule has 2 aromatic rings. The molecular weight excluding hydrogens is 252 g/mol. The Morgan fingerprint density at radius 3 is 2.80 bits per heavy atom. The average molecular weight is 272 g/mol. The number of rotatable bonds is 5. The Bertz CT molecular complexity index is 607. The third-order valence-corrected chi connectivity index (χ3v) is 2.96. The second kappa shape index (κ2) is 6.32. The molecule has 20 heavy (non-hydrogen) atoms. The number of aromatic nitrogens is 3. The van der Waals surface area contributed by atoms with Crippen molar-refractivity contribution in [2.75, 3.05) is 11.9 Å². The summed E-state index contributed by atoms with van der Waals surface area (Å²) in [6.45, 7) is 5.49. The van der Waals surface area contributed by atoms with Crippen molar-refractivity contribution in [3.05, 3.63) is 52.8 Å². The Kier molecular flexibility index (Phi) is 4.50. The fraction of sp³-hybridized carbons (Fsp3) is 0.400. The standard InChI is InChI=1S/C15H20N4O/c1-12(2)10-19-8-7-17-14(15(19)20)18(3)11-13-5-4-6-16-9-13/h4-9,12H,10-11H2,1-3H3. The van der Waals surface area contributed by atoms with E-state index in [2.05, 4.69) is 23.8 Å². The van der Waals surface area contributed by atoms with Crippen LogP contribution in [0.4, 0.5) is 5.82 Å². The molecule has 0 aliphatic carbocycles. The van der Waals surface area contributed by atoms with Crippen molar-refractivity contribution >= 4 is 5.82 Å². The van der Waals surface area contributed by atoms with Gasteiger partial charge in [0.1, 0.15) is 0 Å². The summed E-state index contributed by atoms with van der Waals surface area (Å²) in [5.41, 5.74) is 1.00. The summed E-state index contributed by atoms with van der Waals surface area (Å²) in [6, 6.07) is 3.87. The largest absolute Gasteiger partial charge is 0.351 e. The summed E-state index contributed by atoms with van der Waals surface area (Å²) >= 11 is 0. The molecule has 0 saturated carbocycles. The predicted octanol–water partition coefficient (Wildman–Crippen LogP) is 1.93. The van der Waals surface area contributed by atoms with Gasteiger partial charge in [0.2, 0.25) is 0 Å². The van der Waals surface area contributed by atoms with E-state index in [4.69, 9.17) is 0 Å². The highest BCUT2D eigenvalue weighted by atomic mass is 16.1. The summed E-state index contributed by atoms with van der Waals surface area (Å²) in [6.07, 6.45) is 6.95. The van der Waals surface area contributed by atoms with E-state index in [1.165, 1.54) is 0 Å². The van der Waals surface area contributed by atoms with Gasteiger partial charge in [-0.1, -0.05) is 19.9 Å². The summed E-state index contributed by atoms with van der Waals surface area (Å²) in [5, 5.41) is 0. The maximum absolute atomic E-state index is 12.4. The minimum Gasteiger partial charge on any atom is -0.351 e. The number of nitrogens with zero attached hydrogens (tertiary/aromatic N) is 4. The van der Waals surface area contributed by atoms with E-state index in [9.17, 15) is 4.79 Å². The summed E-state index contributed by atoms with van der Waals surface area (Å²) in [5.74, 6) is 0.892. The van der Waals surface area contributed by atoms with Crippen molar-refractivity contribution in [2.24, 2.45) is 5.92 Å². The van der Waals surface area contributed by atoms with Gasteiger partial charge in [0.25, 0.3) is 5.56 Å². The molecule has 0 aliphatic heterocycles. The molecular formula is C15H20N4O. The minimum atomic E-state index is -0.0485. The molecule has 0 radical (unpaired) electrons. The van der Waals surface area contributed by atoms with Gasteiger partial charge in [-0.2, -0.15) is 0 Å². The molecule has 0 atom stereocenters. The lowest BCUT2D eigenvalue weighted by Crippen LogP contribution is -2.31. The zero-order chi connectivity index (χ0) is 14.5. The fourth-order valence-electron chi connectivity index (χ4n) is 2.08. The van der Waals surface area contributed by atoms with E-state index < -0.39 is 0 Å². The van der Waals surface area contributed by atoms with Gasteiger partial charge in [0, 0.05) is 44.9 Å². The van der Waals surface area contributed by atoms with Gasteiger partial charge in [0.15, 0.2) is 5.82 Å². The molecule has 0 unspecified atom stereocenters. The number of hydrogen-bond donors (Lipinski definition) is 0. The molecule has 0 aliphatic rings. The topological polar surface area (TPSA) is 51.0 Å². The van der Waals surface area contributed by atoms with Crippen LogP contribution in [0.1, 0.15) is 19.4 Å². The average Bonchev–Trinajstić information content (AvgIpc) is 2.41. The first kappa shape index (κ1) is 14.2. The van der Waals surface area contributed by atoms with Gasteiger partial charge < -0.3 is 9.47 Å². The molecule has 5 heteroatoms. The second-order valence-electron chi connectivity index (χ2n) is 5.32. The normalized spacial score (nSPS) is 10.8. The molecule has 2 rings (SSSR count). The van der Waals surface area contributed by atoms with Crippen molar-refractivity contribution in [2.45, 2.75) is 26.9 Å². The Hall–Kier alpha value is -2.17. The first-order valence-corrected chi connectivity index (χ1v) is 6.73. The van der Waals surface area contributed by atoms with Crippen LogP contribution < -0.4 is 10.5 Å². The first-order valence-electron chi connectivity index (χ1n) is 6.73. The second-order valence-corrected chi connectivity index (χ2v) is 5.32. The van der Waals surface area contributed by atoms with E-state index in [1.807, 2.05) is 24.1 Å². The fourth-order valence-corrected chi connectivity index (χ4v) is 2.08. The van der Waals surface area contributed by atoms with E-state index >= 15 is 0 Å². The summed E-state index contributed by atoms with van der Waals surface area (Å²) in [4.78, 5) is 22.5. The van der Waals surface area contributed by atoms with Gasteiger partial charge >= 0.3 is 0 Å². The number of anilines is 1. The molecule has 2 heterocycles. The van der Waals surface area contributed by atoms with Gasteiger partial charge in [-0.05, 0) is 17.5 Å². The van der Waals surface area contributed by atoms with Gasteiger partial charge in [0.05, 0.1) is 0 Å². The van der Waals surface area contributed by atoms with Crippen molar-refractivity contribution < 1.29 is 0 Å². The van der Waals surface area contributed by atoms with Crippen LogP contribution in [-0.4, -0.2) is 21.6 Å². The maximum atomic E-state index is 12.4.